The van der Waals surface area contributed by atoms with Gasteiger partial charge in [0.15, 0.2) is 5.60 Å². The smallest absolute Gasteiger partial charge is 0.261 e. The lowest BCUT2D eigenvalue weighted by molar-refractivity contribution is -0.124. The number of nitrogens with one attached hydrogen (secondary N) is 3. The van der Waals surface area contributed by atoms with Gasteiger partial charge < -0.3 is 20.8 Å². The molecule has 8 nitrogen and oxygen atoms in total. The normalized spacial score (nSPS) is 21.0. The molecule has 0 radical (unpaired) electrons. The zero-order valence-corrected chi connectivity index (χ0v) is 19.8. The van der Waals surface area contributed by atoms with Crippen molar-refractivity contribution in [3.8, 4) is 0 Å². The number of carbonyl (C=O) groups excluding carboxylic acids is 2. The Hall–Kier alpha value is -2.75. The predicted molar refractivity (Wildman–Crippen MR) is 131 cm³/mol. The standard InChI is InChI=1S/C23H26ClN5O3S/c1-23(13-26-22(31)19-6-7-20(24)33-19)12-18(29-32-23)15-2-4-17(5-3-15)27-14-28-21(30)16-8-10-25-11-9-16/h2-7,14,16,25H,8-13H2,1H3,(H,26,31)(H,27,28,30). The zero-order valence-electron chi connectivity index (χ0n) is 18.3. The van der Waals surface area contributed by atoms with Crippen LogP contribution in [0.5, 0.6) is 0 Å². The van der Waals surface area contributed by atoms with E-state index in [1.54, 1.807) is 12.1 Å². The largest absolute Gasteiger partial charge is 0.387 e. The number of carbonyl (C=O) groups is 2. The summed E-state index contributed by atoms with van der Waals surface area (Å²) in [5, 5.41) is 13.1. The van der Waals surface area contributed by atoms with Gasteiger partial charge in [-0.15, -0.1) is 11.3 Å². The molecule has 3 heterocycles. The fraction of sp³-hybridized carbons (Fsp3) is 0.391. The van der Waals surface area contributed by atoms with Gasteiger partial charge in [0.2, 0.25) is 5.91 Å². The van der Waals surface area contributed by atoms with Crippen LogP contribution in [-0.2, 0) is 9.63 Å². The first-order chi connectivity index (χ1) is 15.9. The maximum atomic E-state index is 12.3. The van der Waals surface area contributed by atoms with E-state index >= 15 is 0 Å². The van der Waals surface area contributed by atoms with E-state index in [2.05, 4.69) is 26.1 Å². The lowest BCUT2D eigenvalue weighted by Gasteiger charge is -2.21. The minimum atomic E-state index is -0.623. The van der Waals surface area contributed by atoms with E-state index in [4.69, 9.17) is 16.4 Å². The first kappa shape index (κ1) is 23.4. The van der Waals surface area contributed by atoms with E-state index in [1.807, 2.05) is 31.2 Å². The number of benzene rings is 1. The van der Waals surface area contributed by atoms with Gasteiger partial charge in [0.25, 0.3) is 5.91 Å². The first-order valence-electron chi connectivity index (χ1n) is 10.8. The highest BCUT2D eigenvalue weighted by Crippen LogP contribution is 2.27. The molecule has 0 bridgehead atoms. The summed E-state index contributed by atoms with van der Waals surface area (Å²) in [5.74, 6) is -0.120. The third-order valence-electron chi connectivity index (χ3n) is 5.67. The maximum Gasteiger partial charge on any atom is 0.261 e. The van der Waals surface area contributed by atoms with Gasteiger partial charge in [-0.25, -0.2) is 4.99 Å². The summed E-state index contributed by atoms with van der Waals surface area (Å²) < 4.78 is 0.575. The molecule has 2 aliphatic rings. The molecule has 2 amide bonds. The van der Waals surface area contributed by atoms with Crippen molar-refractivity contribution < 1.29 is 14.4 Å². The SMILES string of the molecule is CC1(CNC(=O)c2ccc(Cl)s2)CC(c2ccc(N=CNC(=O)C3CCNCC3)cc2)=NO1. The molecule has 0 spiro atoms. The molecular formula is C23H26ClN5O3S. The number of thiophene rings is 1. The van der Waals surface area contributed by atoms with Crippen molar-refractivity contribution in [2.45, 2.75) is 31.8 Å². The van der Waals surface area contributed by atoms with Gasteiger partial charge in [0.05, 0.1) is 33.5 Å². The Morgan fingerprint density at radius 2 is 2.03 bits per heavy atom. The Kier molecular flexibility index (Phi) is 7.42. The highest BCUT2D eigenvalue weighted by atomic mass is 35.5. The molecule has 1 aromatic carbocycles. The number of aliphatic imine (C=N–C) groups is 1. The molecule has 1 atom stereocenters. The number of halogens is 1. The Bertz CT molecular complexity index is 1060. The van der Waals surface area contributed by atoms with Crippen molar-refractivity contribution in [2.24, 2.45) is 16.1 Å². The van der Waals surface area contributed by atoms with E-state index < -0.39 is 5.60 Å². The molecule has 2 aromatic rings. The lowest BCUT2D eigenvalue weighted by atomic mass is 9.96. The van der Waals surface area contributed by atoms with Crippen molar-refractivity contribution in [1.82, 2.24) is 16.0 Å². The van der Waals surface area contributed by atoms with Gasteiger partial charge in [0.1, 0.15) is 0 Å². The second-order valence-electron chi connectivity index (χ2n) is 8.38. The number of rotatable bonds is 7. The summed E-state index contributed by atoms with van der Waals surface area (Å²) in [6.45, 7) is 3.99. The van der Waals surface area contributed by atoms with Crippen molar-refractivity contribution in [3.63, 3.8) is 0 Å². The number of hydrogen-bond donors (Lipinski definition) is 3. The predicted octanol–water partition coefficient (Wildman–Crippen LogP) is 3.49. The maximum absolute atomic E-state index is 12.3. The summed E-state index contributed by atoms with van der Waals surface area (Å²) in [5.41, 5.74) is 1.84. The fourth-order valence-electron chi connectivity index (χ4n) is 3.74. The molecule has 1 aromatic heterocycles. The molecule has 174 valence electrons. The van der Waals surface area contributed by atoms with Crippen molar-refractivity contribution in [3.05, 3.63) is 51.2 Å². The molecule has 33 heavy (non-hydrogen) atoms. The highest BCUT2D eigenvalue weighted by molar-refractivity contribution is 7.18. The van der Waals surface area contributed by atoms with E-state index in [-0.39, 0.29) is 17.7 Å². The van der Waals surface area contributed by atoms with Gasteiger partial charge in [-0.2, -0.15) is 0 Å². The topological polar surface area (TPSA) is 104 Å². The Balaban J connectivity index is 1.26. The van der Waals surface area contributed by atoms with Crippen molar-refractivity contribution in [2.75, 3.05) is 19.6 Å². The minimum Gasteiger partial charge on any atom is -0.387 e. The van der Waals surface area contributed by atoms with E-state index in [1.165, 1.54) is 17.7 Å². The number of amides is 2. The minimum absolute atomic E-state index is 0.0166. The average Bonchev–Trinajstić information content (AvgIpc) is 3.45. The van der Waals surface area contributed by atoms with Crippen LogP contribution in [0.25, 0.3) is 0 Å². The molecular weight excluding hydrogens is 462 g/mol. The quantitative estimate of drug-likeness (QED) is 0.410. The second-order valence-corrected chi connectivity index (χ2v) is 10.1. The van der Waals surface area contributed by atoms with Gasteiger partial charge >= 0.3 is 0 Å². The van der Waals surface area contributed by atoms with Crippen LogP contribution in [0.2, 0.25) is 4.34 Å². The first-order valence-corrected chi connectivity index (χ1v) is 12.0. The summed E-state index contributed by atoms with van der Waals surface area (Å²) in [6, 6.07) is 11.0. The summed E-state index contributed by atoms with van der Waals surface area (Å²) >= 11 is 7.13. The molecule has 2 aliphatic heterocycles. The van der Waals surface area contributed by atoms with Crippen LogP contribution in [-0.4, -0.2) is 49.1 Å². The second kappa shape index (κ2) is 10.5. The zero-order chi connectivity index (χ0) is 23.3. The molecule has 0 saturated carbocycles. The fourth-order valence-corrected chi connectivity index (χ4v) is 4.70. The van der Waals surface area contributed by atoms with Crippen LogP contribution in [0, 0.1) is 5.92 Å². The van der Waals surface area contributed by atoms with Gasteiger partial charge in [-0.3, -0.25) is 9.59 Å². The molecule has 1 saturated heterocycles. The molecule has 3 N–H and O–H groups in total. The summed E-state index contributed by atoms with van der Waals surface area (Å²) in [6.07, 6.45) is 3.72. The van der Waals surface area contributed by atoms with Crippen LogP contribution in [0.1, 0.15) is 41.4 Å². The van der Waals surface area contributed by atoms with Crippen LogP contribution in [0.15, 0.2) is 46.5 Å². The third kappa shape index (κ3) is 6.19. The Labute approximate surface area is 201 Å². The molecule has 1 unspecified atom stereocenters. The number of oxime groups is 1. The highest BCUT2D eigenvalue weighted by Gasteiger charge is 2.35. The van der Waals surface area contributed by atoms with E-state index in [0.29, 0.717) is 22.2 Å². The Morgan fingerprint density at radius 3 is 2.73 bits per heavy atom. The van der Waals surface area contributed by atoms with E-state index in [0.717, 1.165) is 42.9 Å². The lowest BCUT2D eigenvalue weighted by Crippen LogP contribution is -2.40. The third-order valence-corrected chi connectivity index (χ3v) is 6.90. The van der Waals surface area contributed by atoms with Crippen LogP contribution in [0.3, 0.4) is 0 Å². The van der Waals surface area contributed by atoms with Crippen LogP contribution >= 0.6 is 22.9 Å². The monoisotopic (exact) mass is 487 g/mol. The average molecular weight is 488 g/mol. The van der Waals surface area contributed by atoms with Gasteiger partial charge in [-0.1, -0.05) is 28.9 Å². The van der Waals surface area contributed by atoms with Crippen LogP contribution in [0.4, 0.5) is 5.69 Å². The summed E-state index contributed by atoms with van der Waals surface area (Å²) in [4.78, 5) is 35.0. The molecule has 10 heteroatoms. The molecule has 0 aliphatic carbocycles. The van der Waals surface area contributed by atoms with Crippen LogP contribution < -0.4 is 16.0 Å². The Morgan fingerprint density at radius 1 is 1.27 bits per heavy atom. The number of piperidine rings is 1. The van der Waals surface area contributed by atoms with Gasteiger partial charge in [-0.05, 0) is 62.7 Å². The molecule has 4 rings (SSSR count). The number of nitrogens with zero attached hydrogens (tertiary/aromatic N) is 2. The van der Waals surface area contributed by atoms with Crippen molar-refractivity contribution in [1.29, 1.82) is 0 Å². The summed E-state index contributed by atoms with van der Waals surface area (Å²) in [7, 11) is 0. The van der Waals surface area contributed by atoms with Gasteiger partial charge in [0, 0.05) is 12.3 Å². The number of hydrogen-bond acceptors (Lipinski definition) is 7. The van der Waals surface area contributed by atoms with Crippen molar-refractivity contribution >= 4 is 52.5 Å². The molecule has 1 fully saturated rings. The van der Waals surface area contributed by atoms with E-state index in [9.17, 15) is 9.59 Å².